The molecule has 1 atom stereocenters. The lowest BCUT2D eigenvalue weighted by Crippen LogP contribution is -1.92. The first-order chi connectivity index (χ1) is 15.2. The molecule has 0 amide bonds. The number of hydrogen-bond acceptors (Lipinski definition) is 3. The normalized spacial score (nSPS) is 12.8. The molecule has 152 valence electrons. The van der Waals surface area contributed by atoms with Crippen LogP contribution >= 0.6 is 11.3 Å². The van der Waals surface area contributed by atoms with Gasteiger partial charge in [-0.1, -0.05) is 44.2 Å². The Balaban J connectivity index is 1.50. The van der Waals surface area contributed by atoms with Gasteiger partial charge < -0.3 is 9.73 Å². The van der Waals surface area contributed by atoms with E-state index in [1.54, 1.807) is 0 Å². The average molecular weight is 422 g/mol. The summed E-state index contributed by atoms with van der Waals surface area (Å²) >= 11 is 1.85. The van der Waals surface area contributed by atoms with Gasteiger partial charge in [-0.2, -0.15) is 0 Å². The highest BCUT2D eigenvalue weighted by atomic mass is 32.1. The molecule has 0 bridgehead atoms. The number of nitrogens with one attached hydrogen (secondary N) is 1. The van der Waals surface area contributed by atoms with E-state index in [4.69, 9.17) is 4.42 Å². The number of benzene rings is 4. The molecule has 2 aromatic heterocycles. The molecule has 6 rings (SSSR count). The molecule has 0 spiro atoms. The quantitative estimate of drug-likeness (QED) is 0.307. The van der Waals surface area contributed by atoms with Crippen molar-refractivity contribution in [2.75, 3.05) is 5.32 Å². The molecular weight excluding hydrogens is 398 g/mol. The Bertz CT molecular complexity index is 1570. The first kappa shape index (κ1) is 18.5. The summed E-state index contributed by atoms with van der Waals surface area (Å²) < 4.78 is 8.82. The minimum absolute atomic E-state index is 0.531. The monoisotopic (exact) mass is 421 g/mol. The summed E-state index contributed by atoms with van der Waals surface area (Å²) in [6.45, 7) is 4.52. The zero-order valence-electron chi connectivity index (χ0n) is 17.6. The maximum absolute atomic E-state index is 6.18. The largest absolute Gasteiger partial charge is 0.456 e. The SMILES string of the molecule is CCC(C)c1ccc2oc3cccc(Nc4ccc5sc6ccccc6c5c4)c3c2c1. The van der Waals surface area contributed by atoms with Crippen molar-refractivity contribution in [1.82, 2.24) is 0 Å². The number of rotatable bonds is 4. The summed E-state index contributed by atoms with van der Waals surface area (Å²) in [5.41, 5.74) is 5.39. The standard InChI is InChI=1S/C28H23NOS/c1-3-17(2)18-11-13-24-22(15-18)28-23(8-6-9-25(28)30-24)29-19-12-14-27-21(16-19)20-7-4-5-10-26(20)31-27/h4-17,29H,3H2,1-2H3. The van der Waals surface area contributed by atoms with Gasteiger partial charge in [0.2, 0.25) is 0 Å². The molecule has 0 aliphatic rings. The van der Waals surface area contributed by atoms with E-state index in [-0.39, 0.29) is 0 Å². The maximum Gasteiger partial charge on any atom is 0.137 e. The van der Waals surface area contributed by atoms with Crippen LogP contribution in [-0.2, 0) is 0 Å². The van der Waals surface area contributed by atoms with Gasteiger partial charge in [-0.3, -0.25) is 0 Å². The minimum atomic E-state index is 0.531. The van der Waals surface area contributed by atoms with Crippen molar-refractivity contribution in [3.8, 4) is 0 Å². The van der Waals surface area contributed by atoms with Gasteiger partial charge in [0.25, 0.3) is 0 Å². The number of fused-ring (bicyclic) bond motifs is 6. The molecular formula is C28H23NOS. The fourth-order valence-corrected chi connectivity index (χ4v) is 5.54. The summed E-state index contributed by atoms with van der Waals surface area (Å²) in [5.74, 6) is 0.531. The van der Waals surface area contributed by atoms with Gasteiger partial charge in [-0.25, -0.2) is 0 Å². The molecule has 2 heterocycles. The molecule has 0 aliphatic heterocycles. The summed E-state index contributed by atoms with van der Waals surface area (Å²) in [6, 6.07) is 28.1. The fourth-order valence-electron chi connectivity index (χ4n) is 4.45. The Morgan fingerprint density at radius 3 is 2.58 bits per heavy atom. The van der Waals surface area contributed by atoms with Crippen LogP contribution in [0.25, 0.3) is 42.1 Å². The van der Waals surface area contributed by atoms with Crippen LogP contribution in [0.4, 0.5) is 11.4 Å². The van der Waals surface area contributed by atoms with E-state index in [2.05, 4.69) is 98.0 Å². The van der Waals surface area contributed by atoms with Gasteiger partial charge in [0.15, 0.2) is 0 Å². The van der Waals surface area contributed by atoms with Crippen LogP contribution in [-0.4, -0.2) is 0 Å². The Kier molecular flexibility index (Phi) is 4.25. The molecule has 6 aromatic rings. The highest BCUT2D eigenvalue weighted by molar-refractivity contribution is 7.25. The van der Waals surface area contributed by atoms with Gasteiger partial charge in [-0.15, -0.1) is 11.3 Å². The molecule has 1 unspecified atom stereocenters. The van der Waals surface area contributed by atoms with E-state index in [0.29, 0.717) is 5.92 Å². The van der Waals surface area contributed by atoms with Gasteiger partial charge in [0.05, 0.1) is 11.1 Å². The van der Waals surface area contributed by atoms with E-state index in [1.807, 2.05) is 11.3 Å². The molecule has 0 saturated heterocycles. The molecule has 0 fully saturated rings. The smallest absolute Gasteiger partial charge is 0.137 e. The Morgan fingerprint density at radius 1 is 0.806 bits per heavy atom. The third-order valence-corrected chi connectivity index (χ3v) is 7.51. The summed E-state index contributed by atoms with van der Waals surface area (Å²) in [7, 11) is 0. The number of hydrogen-bond donors (Lipinski definition) is 1. The van der Waals surface area contributed by atoms with E-state index < -0.39 is 0 Å². The number of thiophene rings is 1. The predicted molar refractivity (Wildman–Crippen MR) is 135 cm³/mol. The van der Waals surface area contributed by atoms with Crippen molar-refractivity contribution in [1.29, 1.82) is 0 Å². The van der Waals surface area contributed by atoms with Crippen LogP contribution in [0.2, 0.25) is 0 Å². The van der Waals surface area contributed by atoms with Crippen LogP contribution in [0.3, 0.4) is 0 Å². The molecule has 3 heteroatoms. The summed E-state index contributed by atoms with van der Waals surface area (Å²) in [5, 5.41) is 8.62. The molecule has 31 heavy (non-hydrogen) atoms. The first-order valence-electron chi connectivity index (χ1n) is 10.8. The van der Waals surface area contributed by atoms with Crippen molar-refractivity contribution < 1.29 is 4.42 Å². The van der Waals surface area contributed by atoms with Crippen molar-refractivity contribution in [2.24, 2.45) is 0 Å². The van der Waals surface area contributed by atoms with E-state index in [9.17, 15) is 0 Å². The molecule has 0 saturated carbocycles. The molecule has 2 nitrogen and oxygen atoms in total. The van der Waals surface area contributed by atoms with Crippen LogP contribution in [0.15, 0.2) is 83.3 Å². The summed E-state index contributed by atoms with van der Waals surface area (Å²) in [6.07, 6.45) is 1.13. The molecule has 1 N–H and O–H groups in total. The van der Waals surface area contributed by atoms with Gasteiger partial charge in [-0.05, 0) is 66.4 Å². The second kappa shape index (κ2) is 7.14. The number of anilines is 2. The lowest BCUT2D eigenvalue weighted by Gasteiger charge is -2.10. The fraction of sp³-hybridized carbons (Fsp3) is 0.143. The highest BCUT2D eigenvalue weighted by Crippen LogP contribution is 2.39. The second-order valence-electron chi connectivity index (χ2n) is 8.28. The predicted octanol–water partition coefficient (Wildman–Crippen LogP) is 9.21. The minimum Gasteiger partial charge on any atom is -0.456 e. The third kappa shape index (κ3) is 3.00. The topological polar surface area (TPSA) is 25.2 Å². The van der Waals surface area contributed by atoms with Gasteiger partial charge in [0.1, 0.15) is 11.2 Å². The lowest BCUT2D eigenvalue weighted by molar-refractivity contribution is 0.668. The summed E-state index contributed by atoms with van der Waals surface area (Å²) in [4.78, 5) is 0. The van der Waals surface area contributed by atoms with Gasteiger partial charge >= 0.3 is 0 Å². The van der Waals surface area contributed by atoms with E-state index >= 15 is 0 Å². The maximum atomic E-state index is 6.18. The van der Waals surface area contributed by atoms with E-state index in [0.717, 1.165) is 34.3 Å². The Morgan fingerprint density at radius 2 is 1.68 bits per heavy atom. The van der Waals surface area contributed by atoms with Crippen LogP contribution in [0, 0.1) is 0 Å². The van der Waals surface area contributed by atoms with Crippen molar-refractivity contribution in [3.05, 3.63) is 84.4 Å². The number of furan rings is 1. The third-order valence-electron chi connectivity index (χ3n) is 6.36. The van der Waals surface area contributed by atoms with Crippen molar-refractivity contribution >= 4 is 64.8 Å². The van der Waals surface area contributed by atoms with E-state index in [1.165, 1.54) is 31.1 Å². The molecule has 0 aliphatic carbocycles. The zero-order chi connectivity index (χ0) is 20.9. The molecule has 0 radical (unpaired) electrons. The first-order valence-corrected chi connectivity index (χ1v) is 11.7. The average Bonchev–Trinajstić information content (AvgIpc) is 3.36. The van der Waals surface area contributed by atoms with Gasteiger partial charge in [0, 0.05) is 31.2 Å². The highest BCUT2D eigenvalue weighted by Gasteiger charge is 2.14. The van der Waals surface area contributed by atoms with Crippen LogP contribution < -0.4 is 5.32 Å². The molecule has 4 aromatic carbocycles. The lowest BCUT2D eigenvalue weighted by atomic mass is 9.96. The van der Waals surface area contributed by atoms with Crippen molar-refractivity contribution in [2.45, 2.75) is 26.2 Å². The Hall–Kier alpha value is -3.30. The zero-order valence-corrected chi connectivity index (χ0v) is 18.4. The Labute approximate surface area is 185 Å². The van der Waals surface area contributed by atoms with Crippen molar-refractivity contribution in [3.63, 3.8) is 0 Å². The van der Waals surface area contributed by atoms with Crippen LogP contribution in [0.1, 0.15) is 31.7 Å². The van der Waals surface area contributed by atoms with Crippen LogP contribution in [0.5, 0.6) is 0 Å². The second-order valence-corrected chi connectivity index (χ2v) is 9.36.